The van der Waals surface area contributed by atoms with Crippen LogP contribution in [0.2, 0.25) is 5.02 Å². The standard InChI is InChI=1S/C22H24ClN3O2/c23-17-8-9-20-16(15-17)5-3-4-12-26(20)21(27)25-13-10-22(11-14-25)18-6-1-2-7-19(18)24-28-22/h1-2,6-9,15,24H,3-5,10-14H2. The van der Waals surface area contributed by atoms with E-state index >= 15 is 0 Å². The zero-order valence-corrected chi connectivity index (χ0v) is 16.5. The molecule has 0 radical (unpaired) electrons. The third kappa shape index (κ3) is 2.93. The summed E-state index contributed by atoms with van der Waals surface area (Å²) in [6, 6.07) is 14.2. The molecule has 0 saturated carbocycles. The number of benzene rings is 2. The summed E-state index contributed by atoms with van der Waals surface area (Å²) in [5, 5.41) is 0.734. The zero-order chi connectivity index (χ0) is 19.1. The molecule has 5 rings (SSSR count). The van der Waals surface area contributed by atoms with Gasteiger partial charge in [0.2, 0.25) is 0 Å². The highest BCUT2D eigenvalue weighted by Crippen LogP contribution is 2.45. The normalized spacial score (nSPS) is 20.3. The monoisotopic (exact) mass is 397 g/mol. The van der Waals surface area contributed by atoms with Gasteiger partial charge in [-0.25, -0.2) is 4.79 Å². The number of carbonyl (C=O) groups is 1. The predicted octanol–water partition coefficient (Wildman–Crippen LogP) is 4.95. The number of nitrogens with zero attached hydrogens (tertiary/aromatic N) is 2. The fraction of sp³-hybridized carbons (Fsp3) is 0.409. The van der Waals surface area contributed by atoms with Gasteiger partial charge in [-0.3, -0.25) is 15.2 Å². The number of anilines is 2. The summed E-state index contributed by atoms with van der Waals surface area (Å²) in [7, 11) is 0. The van der Waals surface area contributed by atoms with Gasteiger partial charge in [-0.2, -0.15) is 0 Å². The van der Waals surface area contributed by atoms with E-state index in [1.807, 2.05) is 46.2 Å². The lowest BCUT2D eigenvalue weighted by Gasteiger charge is -2.40. The van der Waals surface area contributed by atoms with E-state index in [2.05, 4.69) is 11.5 Å². The van der Waals surface area contributed by atoms with Crippen LogP contribution in [0.4, 0.5) is 16.2 Å². The molecule has 0 atom stereocenters. The minimum atomic E-state index is -0.322. The number of urea groups is 1. The van der Waals surface area contributed by atoms with Crippen molar-refractivity contribution in [1.29, 1.82) is 0 Å². The molecule has 0 aliphatic carbocycles. The van der Waals surface area contributed by atoms with E-state index in [1.54, 1.807) is 0 Å². The topological polar surface area (TPSA) is 44.8 Å². The van der Waals surface area contributed by atoms with Gasteiger partial charge in [0.05, 0.1) is 5.69 Å². The predicted molar refractivity (Wildman–Crippen MR) is 111 cm³/mol. The molecule has 1 N–H and O–H groups in total. The Morgan fingerprint density at radius 1 is 1.07 bits per heavy atom. The summed E-state index contributed by atoms with van der Waals surface area (Å²) in [6.45, 7) is 2.14. The van der Waals surface area contributed by atoms with Gasteiger partial charge in [0.1, 0.15) is 5.60 Å². The van der Waals surface area contributed by atoms with Crippen molar-refractivity contribution >= 4 is 29.0 Å². The summed E-state index contributed by atoms with van der Waals surface area (Å²) in [6.07, 6.45) is 4.65. The van der Waals surface area contributed by atoms with Crippen LogP contribution in [0.25, 0.3) is 0 Å². The van der Waals surface area contributed by atoms with Gasteiger partial charge in [-0.1, -0.05) is 29.8 Å². The lowest BCUT2D eigenvalue weighted by molar-refractivity contribution is -0.0403. The van der Waals surface area contributed by atoms with Crippen LogP contribution in [0.5, 0.6) is 0 Å². The smallest absolute Gasteiger partial charge is 0.324 e. The Bertz CT molecular complexity index is 908. The van der Waals surface area contributed by atoms with Crippen LogP contribution in [0.3, 0.4) is 0 Å². The van der Waals surface area contributed by atoms with Crippen molar-refractivity contribution in [2.24, 2.45) is 0 Å². The van der Waals surface area contributed by atoms with E-state index in [-0.39, 0.29) is 11.6 Å². The van der Waals surface area contributed by atoms with Crippen LogP contribution in [0, 0.1) is 0 Å². The molecule has 2 aromatic carbocycles. The fourth-order valence-electron chi connectivity index (χ4n) is 4.70. The minimum Gasteiger partial charge on any atom is -0.324 e. The van der Waals surface area contributed by atoms with Crippen LogP contribution in [-0.4, -0.2) is 30.6 Å². The second-order valence-electron chi connectivity index (χ2n) is 7.90. The van der Waals surface area contributed by atoms with E-state index in [1.165, 1.54) is 11.1 Å². The average Bonchev–Trinajstić information content (AvgIpc) is 2.93. The summed E-state index contributed by atoms with van der Waals surface area (Å²) in [4.78, 5) is 23.3. The summed E-state index contributed by atoms with van der Waals surface area (Å²) in [5.41, 5.74) is 7.18. The number of carbonyl (C=O) groups excluding carboxylic acids is 1. The molecule has 5 nitrogen and oxygen atoms in total. The van der Waals surface area contributed by atoms with E-state index in [4.69, 9.17) is 16.4 Å². The third-order valence-corrected chi connectivity index (χ3v) is 6.49. The second-order valence-corrected chi connectivity index (χ2v) is 8.33. The van der Waals surface area contributed by atoms with Crippen molar-refractivity contribution in [2.45, 2.75) is 37.7 Å². The van der Waals surface area contributed by atoms with Crippen molar-refractivity contribution in [3.05, 3.63) is 58.6 Å². The van der Waals surface area contributed by atoms with Crippen LogP contribution in [0.15, 0.2) is 42.5 Å². The summed E-state index contributed by atoms with van der Waals surface area (Å²) >= 11 is 6.18. The average molecular weight is 398 g/mol. The van der Waals surface area contributed by atoms with Crippen LogP contribution < -0.4 is 10.4 Å². The first-order chi connectivity index (χ1) is 13.7. The number of aryl methyl sites for hydroxylation is 1. The molecule has 1 fully saturated rings. The SMILES string of the molecule is O=C(N1CCC2(CC1)ONc1ccccc12)N1CCCCc2cc(Cl)ccc21. The number of amides is 2. The van der Waals surface area contributed by atoms with Crippen LogP contribution >= 0.6 is 11.6 Å². The van der Waals surface area contributed by atoms with Gasteiger partial charge < -0.3 is 4.90 Å². The highest BCUT2D eigenvalue weighted by molar-refractivity contribution is 6.30. The molecule has 6 heteroatoms. The summed E-state index contributed by atoms with van der Waals surface area (Å²) in [5.74, 6) is 0. The maximum Gasteiger partial charge on any atom is 0.324 e. The Morgan fingerprint density at radius 3 is 2.75 bits per heavy atom. The largest absolute Gasteiger partial charge is 0.324 e. The number of likely N-dealkylation sites (tertiary alicyclic amines) is 1. The lowest BCUT2D eigenvalue weighted by atomic mass is 9.84. The van der Waals surface area contributed by atoms with Gasteiger partial charge >= 0.3 is 6.03 Å². The molecule has 2 aromatic rings. The quantitative estimate of drug-likeness (QED) is 0.684. The first-order valence-electron chi connectivity index (χ1n) is 10.0. The molecule has 0 unspecified atom stereocenters. The van der Waals surface area contributed by atoms with Crippen LogP contribution in [-0.2, 0) is 16.9 Å². The Balaban J connectivity index is 1.34. The van der Waals surface area contributed by atoms with Gasteiger partial charge in [-0.15, -0.1) is 0 Å². The molecule has 28 heavy (non-hydrogen) atoms. The number of para-hydroxylation sites is 1. The minimum absolute atomic E-state index is 0.0968. The Labute approximate surface area is 170 Å². The molecule has 2 amide bonds. The Hall–Kier alpha value is -2.24. The van der Waals surface area contributed by atoms with Gasteiger partial charge in [-0.05, 0) is 49.1 Å². The third-order valence-electron chi connectivity index (χ3n) is 6.26. The molecule has 1 spiro atoms. The lowest BCUT2D eigenvalue weighted by Crippen LogP contribution is -2.50. The molecule has 3 aliphatic heterocycles. The number of hydrogen-bond acceptors (Lipinski definition) is 3. The van der Waals surface area contributed by atoms with Crippen molar-refractivity contribution in [1.82, 2.24) is 4.90 Å². The van der Waals surface area contributed by atoms with E-state index in [0.29, 0.717) is 13.1 Å². The fourth-order valence-corrected chi connectivity index (χ4v) is 4.90. The molecular weight excluding hydrogens is 374 g/mol. The van der Waals surface area contributed by atoms with E-state index in [9.17, 15) is 4.79 Å². The highest BCUT2D eigenvalue weighted by atomic mass is 35.5. The maximum atomic E-state index is 13.4. The van der Waals surface area contributed by atoms with Crippen LogP contribution in [0.1, 0.15) is 36.8 Å². The summed E-state index contributed by atoms with van der Waals surface area (Å²) < 4.78 is 0. The van der Waals surface area contributed by atoms with Crippen molar-refractivity contribution < 1.29 is 9.63 Å². The van der Waals surface area contributed by atoms with Gasteiger partial charge in [0.25, 0.3) is 0 Å². The van der Waals surface area contributed by atoms with E-state index in [0.717, 1.165) is 55.0 Å². The molecule has 3 heterocycles. The molecule has 146 valence electrons. The molecule has 3 aliphatic rings. The Kier molecular flexibility index (Phi) is 4.44. The number of hydrogen-bond donors (Lipinski definition) is 1. The number of piperidine rings is 1. The number of rotatable bonds is 0. The molecule has 0 aromatic heterocycles. The number of fused-ring (bicyclic) bond motifs is 3. The molecular formula is C22H24ClN3O2. The first kappa shape index (κ1) is 17.8. The highest BCUT2D eigenvalue weighted by Gasteiger charge is 2.44. The zero-order valence-electron chi connectivity index (χ0n) is 15.8. The first-order valence-corrected chi connectivity index (χ1v) is 10.4. The number of halogens is 1. The Morgan fingerprint density at radius 2 is 1.89 bits per heavy atom. The van der Waals surface area contributed by atoms with Crippen molar-refractivity contribution in [3.8, 4) is 0 Å². The molecule has 0 bridgehead atoms. The van der Waals surface area contributed by atoms with Gasteiger partial charge in [0.15, 0.2) is 0 Å². The van der Waals surface area contributed by atoms with Crippen molar-refractivity contribution in [2.75, 3.05) is 30.0 Å². The van der Waals surface area contributed by atoms with Crippen molar-refractivity contribution in [3.63, 3.8) is 0 Å². The van der Waals surface area contributed by atoms with Gasteiger partial charge in [0, 0.05) is 48.7 Å². The molecule has 1 saturated heterocycles. The number of nitrogens with one attached hydrogen (secondary N) is 1. The maximum absolute atomic E-state index is 13.4. The van der Waals surface area contributed by atoms with E-state index < -0.39 is 0 Å². The second kappa shape index (κ2) is 6.98.